The van der Waals surface area contributed by atoms with E-state index >= 15 is 0 Å². The molecule has 1 aromatic heterocycles. The predicted octanol–water partition coefficient (Wildman–Crippen LogP) is 5.36. The summed E-state index contributed by atoms with van der Waals surface area (Å²) in [6.07, 6.45) is 0. The van der Waals surface area contributed by atoms with Crippen molar-refractivity contribution in [3.63, 3.8) is 0 Å². The molecule has 0 fully saturated rings. The van der Waals surface area contributed by atoms with Gasteiger partial charge < -0.3 is 20.3 Å². The van der Waals surface area contributed by atoms with Crippen molar-refractivity contribution in [2.24, 2.45) is 0 Å². The highest BCUT2D eigenvalue weighted by atomic mass is 79.9. The minimum absolute atomic E-state index is 0.149. The maximum atomic E-state index is 13.1. The average Bonchev–Trinajstić information content (AvgIpc) is 3.22. The maximum Gasteiger partial charge on any atom is 0.322 e. The number of hydrogen-bond donors (Lipinski definition) is 2. The molecule has 3 amide bonds. The zero-order chi connectivity index (χ0) is 25.6. The van der Waals surface area contributed by atoms with E-state index in [1.165, 1.54) is 4.90 Å². The quantitative estimate of drug-likeness (QED) is 0.401. The van der Waals surface area contributed by atoms with E-state index in [1.807, 2.05) is 55.5 Å². The first kappa shape index (κ1) is 26.4. The number of methoxy groups -OCH3 is 1. The number of nitrogens with zero attached hydrogens (tertiary/aromatic N) is 3. The van der Waals surface area contributed by atoms with E-state index in [0.29, 0.717) is 18.1 Å². The number of benzene rings is 2. The first-order valence-electron chi connectivity index (χ1n) is 11.4. The molecule has 0 saturated heterocycles. The summed E-state index contributed by atoms with van der Waals surface area (Å²) in [4.78, 5) is 27.5. The van der Waals surface area contributed by atoms with E-state index in [0.717, 1.165) is 21.4 Å². The van der Waals surface area contributed by atoms with Crippen LogP contribution in [-0.2, 0) is 14.9 Å². The molecule has 8 nitrogen and oxygen atoms in total. The highest BCUT2D eigenvalue weighted by molar-refractivity contribution is 9.10. The number of carbonyl (C=O) groups is 2. The van der Waals surface area contributed by atoms with E-state index in [-0.39, 0.29) is 24.4 Å². The lowest BCUT2D eigenvalue weighted by Gasteiger charge is -2.23. The molecule has 0 aliphatic heterocycles. The molecule has 0 spiro atoms. The summed E-state index contributed by atoms with van der Waals surface area (Å²) in [5, 5.41) is 10.6. The van der Waals surface area contributed by atoms with Crippen LogP contribution in [0.1, 0.15) is 32.0 Å². The number of aryl methyl sites for hydroxylation is 1. The van der Waals surface area contributed by atoms with Crippen LogP contribution in [0.2, 0.25) is 0 Å². The number of halogens is 1. The maximum absolute atomic E-state index is 13.1. The molecule has 3 rings (SSSR count). The molecular weight excluding hydrogens is 510 g/mol. The fraction of sp³-hybridized carbons (Fsp3) is 0.346. The lowest BCUT2D eigenvalue weighted by atomic mass is 9.92. The third kappa shape index (κ3) is 6.93. The first-order chi connectivity index (χ1) is 16.6. The molecule has 2 N–H and O–H groups in total. The Balaban J connectivity index is 1.82. The molecule has 3 aromatic rings. The number of urea groups is 1. The highest BCUT2D eigenvalue weighted by Crippen LogP contribution is 2.27. The Bertz CT molecular complexity index is 1190. The van der Waals surface area contributed by atoms with Gasteiger partial charge in [0.15, 0.2) is 0 Å². The summed E-state index contributed by atoms with van der Waals surface area (Å²) < 4.78 is 7.65. The van der Waals surface area contributed by atoms with E-state index < -0.39 is 6.03 Å². The number of para-hydroxylation sites is 2. The second-order valence-corrected chi connectivity index (χ2v) is 10.1. The SMILES string of the molecule is COCCN(CC(=O)Nc1cc(C(C)(C)C)nn1-c1ccccc1C)C(=O)Nc1ccccc1Br. The fourth-order valence-corrected chi connectivity index (χ4v) is 3.77. The van der Waals surface area contributed by atoms with Gasteiger partial charge in [-0.05, 0) is 46.6 Å². The molecule has 0 bridgehead atoms. The average molecular weight is 542 g/mol. The van der Waals surface area contributed by atoms with Crippen LogP contribution >= 0.6 is 15.9 Å². The Labute approximate surface area is 214 Å². The molecule has 186 valence electrons. The topological polar surface area (TPSA) is 88.5 Å². The van der Waals surface area contributed by atoms with Gasteiger partial charge in [-0.25, -0.2) is 9.48 Å². The number of rotatable bonds is 8. The van der Waals surface area contributed by atoms with Crippen molar-refractivity contribution in [1.82, 2.24) is 14.7 Å². The molecule has 0 saturated carbocycles. The normalized spacial score (nSPS) is 11.3. The lowest BCUT2D eigenvalue weighted by Crippen LogP contribution is -2.42. The van der Waals surface area contributed by atoms with Gasteiger partial charge in [0.1, 0.15) is 12.4 Å². The second-order valence-electron chi connectivity index (χ2n) is 9.24. The summed E-state index contributed by atoms with van der Waals surface area (Å²) in [5.74, 6) is 0.214. The number of hydrogen-bond acceptors (Lipinski definition) is 4. The fourth-order valence-electron chi connectivity index (χ4n) is 3.39. The van der Waals surface area contributed by atoms with Crippen LogP contribution in [0.3, 0.4) is 0 Å². The molecule has 0 aliphatic carbocycles. The van der Waals surface area contributed by atoms with E-state index in [4.69, 9.17) is 9.84 Å². The molecule has 9 heteroatoms. The Morgan fingerprint density at radius 2 is 1.77 bits per heavy atom. The van der Waals surface area contributed by atoms with E-state index in [2.05, 4.69) is 47.3 Å². The third-order valence-electron chi connectivity index (χ3n) is 5.39. The van der Waals surface area contributed by atoms with Crippen molar-refractivity contribution in [1.29, 1.82) is 0 Å². The van der Waals surface area contributed by atoms with Crippen molar-refractivity contribution in [2.45, 2.75) is 33.1 Å². The summed E-state index contributed by atoms with van der Waals surface area (Å²) >= 11 is 3.43. The minimum atomic E-state index is -0.396. The zero-order valence-electron chi connectivity index (χ0n) is 20.8. The molecular formula is C26H32BrN5O3. The summed E-state index contributed by atoms with van der Waals surface area (Å²) in [6.45, 7) is 8.61. The van der Waals surface area contributed by atoms with Gasteiger partial charge >= 0.3 is 6.03 Å². The van der Waals surface area contributed by atoms with Gasteiger partial charge in [-0.1, -0.05) is 51.1 Å². The van der Waals surface area contributed by atoms with Crippen LogP contribution in [0.4, 0.5) is 16.3 Å². The van der Waals surface area contributed by atoms with Crippen molar-refractivity contribution in [2.75, 3.05) is 37.4 Å². The van der Waals surface area contributed by atoms with E-state index in [9.17, 15) is 9.59 Å². The van der Waals surface area contributed by atoms with Gasteiger partial charge in [0.25, 0.3) is 0 Å². The molecule has 0 atom stereocenters. The predicted molar refractivity (Wildman–Crippen MR) is 142 cm³/mol. The van der Waals surface area contributed by atoms with Crippen molar-refractivity contribution < 1.29 is 14.3 Å². The Morgan fingerprint density at radius 1 is 1.09 bits per heavy atom. The van der Waals surface area contributed by atoms with Gasteiger partial charge in [-0.15, -0.1) is 0 Å². The molecule has 35 heavy (non-hydrogen) atoms. The van der Waals surface area contributed by atoms with Crippen molar-refractivity contribution in [3.8, 4) is 5.69 Å². The number of amides is 3. The number of ether oxygens (including phenoxy) is 1. The Hall–Kier alpha value is -3.17. The Kier molecular flexibility index (Phi) is 8.69. The lowest BCUT2D eigenvalue weighted by molar-refractivity contribution is -0.116. The number of aromatic nitrogens is 2. The van der Waals surface area contributed by atoms with Crippen molar-refractivity contribution >= 4 is 39.4 Å². The molecule has 0 aliphatic rings. The summed E-state index contributed by atoms with van der Waals surface area (Å²) in [6, 6.07) is 16.6. The minimum Gasteiger partial charge on any atom is -0.383 e. The van der Waals surface area contributed by atoms with Gasteiger partial charge in [0.05, 0.1) is 23.7 Å². The molecule has 1 heterocycles. The van der Waals surface area contributed by atoms with Gasteiger partial charge in [-0.2, -0.15) is 5.10 Å². The Morgan fingerprint density at radius 3 is 2.43 bits per heavy atom. The van der Waals surface area contributed by atoms with Gasteiger partial charge in [-0.3, -0.25) is 4.79 Å². The second kappa shape index (κ2) is 11.5. The molecule has 0 unspecified atom stereocenters. The summed E-state index contributed by atoms with van der Waals surface area (Å²) in [7, 11) is 1.55. The van der Waals surface area contributed by atoms with Crippen LogP contribution in [0.5, 0.6) is 0 Å². The van der Waals surface area contributed by atoms with E-state index in [1.54, 1.807) is 17.9 Å². The number of nitrogens with one attached hydrogen (secondary N) is 2. The molecule has 2 aromatic carbocycles. The smallest absolute Gasteiger partial charge is 0.322 e. The largest absolute Gasteiger partial charge is 0.383 e. The first-order valence-corrected chi connectivity index (χ1v) is 12.1. The van der Waals surface area contributed by atoms with Crippen LogP contribution < -0.4 is 10.6 Å². The van der Waals surface area contributed by atoms with Gasteiger partial charge in [0.2, 0.25) is 5.91 Å². The molecule has 0 radical (unpaired) electrons. The monoisotopic (exact) mass is 541 g/mol. The summed E-state index contributed by atoms with van der Waals surface area (Å²) in [5.41, 5.74) is 3.16. The number of carbonyl (C=O) groups excluding carboxylic acids is 2. The zero-order valence-corrected chi connectivity index (χ0v) is 22.3. The van der Waals surface area contributed by atoms with Crippen molar-refractivity contribution in [3.05, 3.63) is 70.3 Å². The van der Waals surface area contributed by atoms with Gasteiger partial charge in [0, 0.05) is 29.6 Å². The van der Waals surface area contributed by atoms with Crippen LogP contribution in [0.25, 0.3) is 5.69 Å². The van der Waals surface area contributed by atoms with Crippen LogP contribution in [-0.4, -0.2) is 53.4 Å². The van der Waals surface area contributed by atoms with Crippen LogP contribution in [0.15, 0.2) is 59.1 Å². The third-order valence-corrected chi connectivity index (χ3v) is 6.08. The highest BCUT2D eigenvalue weighted by Gasteiger charge is 2.23. The standard InChI is InChI=1S/C26H32BrN5O3/c1-18-10-6-9-13-21(18)32-23(16-22(30-32)26(2,3)4)29-24(33)17-31(14-15-35-5)25(34)28-20-12-8-7-11-19(20)27/h6-13,16H,14-15,17H2,1-5H3,(H,28,34)(H,29,33). The van der Waals surface area contributed by atoms with Crippen LogP contribution in [0, 0.1) is 6.92 Å². The number of anilines is 2.